The average molecular weight is 289 g/mol. The van der Waals surface area contributed by atoms with Crippen molar-refractivity contribution >= 4 is 5.96 Å². The van der Waals surface area contributed by atoms with Gasteiger partial charge in [0.05, 0.1) is 11.7 Å². The second-order valence-corrected chi connectivity index (χ2v) is 6.78. The Labute approximate surface area is 127 Å². The zero-order valence-electron chi connectivity index (χ0n) is 13.1. The van der Waals surface area contributed by atoms with Crippen molar-refractivity contribution in [3.63, 3.8) is 0 Å². The Hall–Kier alpha value is -1.29. The van der Waals surface area contributed by atoms with Crippen molar-refractivity contribution < 1.29 is 5.11 Å². The number of nitrogens with two attached hydrogens (primary N) is 1. The molecule has 0 radical (unpaired) electrons. The van der Waals surface area contributed by atoms with Crippen molar-refractivity contribution in [3.8, 4) is 0 Å². The quantitative estimate of drug-likeness (QED) is 0.696. The lowest BCUT2D eigenvalue weighted by atomic mass is 9.69. The van der Waals surface area contributed by atoms with Crippen molar-refractivity contribution in [2.24, 2.45) is 22.6 Å². The molecule has 0 amide bonds. The standard InChI is InChI=1S/C17H27N3O/c1-3-4-5-6-9-17(21)11(2)10-12-7-8-13-14(12)15(17)20-16(18)19-13/h5-6,11-13,21H,3-4,7-10H2,1-2H3,(H3,18,19,20)/b6-5-/t11-,12+,13+,17+/m1/s1. The molecular formula is C17H27N3O. The third-order valence-electron chi connectivity index (χ3n) is 5.36. The van der Waals surface area contributed by atoms with Crippen LogP contribution in [0.5, 0.6) is 0 Å². The van der Waals surface area contributed by atoms with Crippen LogP contribution < -0.4 is 11.1 Å². The van der Waals surface area contributed by atoms with Gasteiger partial charge in [-0.1, -0.05) is 32.4 Å². The van der Waals surface area contributed by atoms with Gasteiger partial charge < -0.3 is 16.2 Å². The summed E-state index contributed by atoms with van der Waals surface area (Å²) in [5.41, 5.74) is 7.41. The fourth-order valence-corrected chi connectivity index (χ4v) is 4.17. The van der Waals surface area contributed by atoms with Crippen LogP contribution >= 0.6 is 0 Å². The van der Waals surface area contributed by atoms with Gasteiger partial charge in [-0.3, -0.25) is 0 Å². The number of hydrogen-bond donors (Lipinski definition) is 3. The fourth-order valence-electron chi connectivity index (χ4n) is 4.17. The summed E-state index contributed by atoms with van der Waals surface area (Å²) in [7, 11) is 0. The minimum atomic E-state index is -0.820. The highest BCUT2D eigenvalue weighted by Crippen LogP contribution is 2.50. The van der Waals surface area contributed by atoms with E-state index in [0.29, 0.717) is 18.3 Å². The second-order valence-electron chi connectivity index (χ2n) is 6.78. The van der Waals surface area contributed by atoms with E-state index in [1.54, 1.807) is 0 Å². The van der Waals surface area contributed by atoms with E-state index >= 15 is 0 Å². The van der Waals surface area contributed by atoms with Gasteiger partial charge in [-0.2, -0.15) is 0 Å². The first-order valence-electron chi connectivity index (χ1n) is 8.28. The molecule has 0 unspecified atom stereocenters. The summed E-state index contributed by atoms with van der Waals surface area (Å²) in [5.74, 6) is 1.28. The van der Waals surface area contributed by atoms with Crippen LogP contribution in [-0.2, 0) is 0 Å². The fraction of sp³-hybridized carbons (Fsp3) is 0.706. The van der Waals surface area contributed by atoms with Crippen LogP contribution in [0.3, 0.4) is 0 Å². The van der Waals surface area contributed by atoms with E-state index in [1.807, 2.05) is 0 Å². The van der Waals surface area contributed by atoms with Crippen LogP contribution in [-0.4, -0.2) is 22.7 Å². The Balaban J connectivity index is 1.92. The molecule has 21 heavy (non-hydrogen) atoms. The second kappa shape index (κ2) is 5.48. The number of allylic oxidation sites excluding steroid dienone is 1. The third-order valence-corrected chi connectivity index (χ3v) is 5.36. The van der Waals surface area contributed by atoms with Crippen LogP contribution in [0.1, 0.15) is 52.4 Å². The first kappa shape index (κ1) is 14.6. The lowest BCUT2D eigenvalue weighted by molar-refractivity contribution is 0.00314. The van der Waals surface area contributed by atoms with Gasteiger partial charge in [0.2, 0.25) is 0 Å². The number of nitrogens with one attached hydrogen (secondary N) is 1. The van der Waals surface area contributed by atoms with Crippen molar-refractivity contribution in [2.45, 2.75) is 64.0 Å². The summed E-state index contributed by atoms with van der Waals surface area (Å²) in [6.45, 7) is 4.33. The largest absolute Gasteiger partial charge is 0.383 e. The Morgan fingerprint density at radius 3 is 3.00 bits per heavy atom. The van der Waals surface area contributed by atoms with Gasteiger partial charge in [0.15, 0.2) is 5.96 Å². The van der Waals surface area contributed by atoms with E-state index in [9.17, 15) is 5.11 Å². The zero-order valence-corrected chi connectivity index (χ0v) is 13.1. The number of nitrogens with zero attached hydrogens (tertiary/aromatic N) is 1. The van der Waals surface area contributed by atoms with Crippen LogP contribution in [0.2, 0.25) is 0 Å². The van der Waals surface area contributed by atoms with Crippen molar-refractivity contribution in [1.29, 1.82) is 0 Å². The number of rotatable bonds is 4. The molecule has 3 rings (SSSR count). The first-order chi connectivity index (χ1) is 10.1. The molecule has 4 atom stereocenters. The van der Waals surface area contributed by atoms with Crippen molar-refractivity contribution in [1.82, 2.24) is 5.32 Å². The highest BCUT2D eigenvalue weighted by Gasteiger charge is 2.50. The number of guanidine groups is 1. The molecule has 1 heterocycles. The molecule has 1 saturated carbocycles. The smallest absolute Gasteiger partial charge is 0.193 e. The van der Waals surface area contributed by atoms with Gasteiger partial charge in [0, 0.05) is 0 Å². The minimum Gasteiger partial charge on any atom is -0.383 e. The number of aliphatic imine (C=N–C) groups is 1. The van der Waals surface area contributed by atoms with Gasteiger partial charge in [-0.15, -0.1) is 0 Å². The summed E-state index contributed by atoms with van der Waals surface area (Å²) in [6.07, 6.45) is 10.5. The molecule has 4 N–H and O–H groups in total. The van der Waals surface area contributed by atoms with Crippen LogP contribution in [0, 0.1) is 11.8 Å². The summed E-state index contributed by atoms with van der Waals surface area (Å²) in [6, 6.07) is 0.199. The van der Waals surface area contributed by atoms with Crippen LogP contribution in [0.15, 0.2) is 28.4 Å². The SMILES string of the molecule is CCC/C=C\C[C@@]1(O)C2=C3[C@@H](CC[C@@H]3N=C(N)N2)C[C@H]1C. The van der Waals surface area contributed by atoms with E-state index in [0.717, 1.165) is 31.4 Å². The predicted molar refractivity (Wildman–Crippen MR) is 85.7 cm³/mol. The molecule has 0 bridgehead atoms. The van der Waals surface area contributed by atoms with E-state index in [4.69, 9.17) is 5.73 Å². The molecule has 3 aliphatic rings. The van der Waals surface area contributed by atoms with Crippen LogP contribution in [0.4, 0.5) is 0 Å². The molecule has 116 valence electrons. The lowest BCUT2D eigenvalue weighted by Gasteiger charge is -2.45. The molecule has 2 aliphatic carbocycles. The molecule has 0 saturated heterocycles. The normalized spacial score (nSPS) is 38.4. The molecule has 1 fully saturated rings. The Bertz CT molecular complexity index is 508. The molecule has 0 aromatic rings. The summed E-state index contributed by atoms with van der Waals surface area (Å²) < 4.78 is 0. The molecule has 0 aromatic heterocycles. The maximum absolute atomic E-state index is 11.3. The molecule has 1 aliphatic heterocycles. The highest BCUT2D eigenvalue weighted by atomic mass is 16.3. The molecule has 0 spiro atoms. The van der Waals surface area contributed by atoms with E-state index < -0.39 is 5.60 Å². The van der Waals surface area contributed by atoms with Gasteiger partial charge >= 0.3 is 0 Å². The minimum absolute atomic E-state index is 0.199. The van der Waals surface area contributed by atoms with Gasteiger partial charge in [-0.25, -0.2) is 4.99 Å². The van der Waals surface area contributed by atoms with E-state index in [1.165, 1.54) is 12.0 Å². The number of aliphatic hydroxyl groups is 1. The molecular weight excluding hydrogens is 262 g/mol. The van der Waals surface area contributed by atoms with Gasteiger partial charge in [-0.05, 0) is 49.5 Å². The van der Waals surface area contributed by atoms with Gasteiger partial charge in [0.1, 0.15) is 5.60 Å². The molecule has 4 nitrogen and oxygen atoms in total. The summed E-state index contributed by atoms with van der Waals surface area (Å²) >= 11 is 0. The predicted octanol–water partition coefficient (Wildman–Crippen LogP) is 2.45. The lowest BCUT2D eigenvalue weighted by Crippen LogP contribution is -2.53. The Kier molecular flexibility index (Phi) is 3.82. The summed E-state index contributed by atoms with van der Waals surface area (Å²) in [5, 5.41) is 14.5. The van der Waals surface area contributed by atoms with E-state index in [2.05, 4.69) is 36.3 Å². The monoisotopic (exact) mass is 289 g/mol. The number of unbranched alkanes of at least 4 members (excludes halogenated alkanes) is 1. The van der Waals surface area contributed by atoms with Gasteiger partial charge in [0.25, 0.3) is 0 Å². The number of hydrogen-bond acceptors (Lipinski definition) is 4. The maximum atomic E-state index is 11.3. The first-order valence-corrected chi connectivity index (χ1v) is 8.28. The molecule has 0 aromatic carbocycles. The van der Waals surface area contributed by atoms with Crippen molar-refractivity contribution in [2.75, 3.05) is 0 Å². The molecule has 4 heteroatoms. The topological polar surface area (TPSA) is 70.6 Å². The zero-order chi connectivity index (χ0) is 15.0. The third kappa shape index (κ3) is 2.39. The summed E-state index contributed by atoms with van der Waals surface area (Å²) in [4.78, 5) is 4.52. The Morgan fingerprint density at radius 1 is 1.43 bits per heavy atom. The van der Waals surface area contributed by atoms with Crippen LogP contribution in [0.25, 0.3) is 0 Å². The Morgan fingerprint density at radius 2 is 2.24 bits per heavy atom. The maximum Gasteiger partial charge on any atom is 0.193 e. The van der Waals surface area contributed by atoms with E-state index in [-0.39, 0.29) is 12.0 Å². The highest BCUT2D eigenvalue weighted by molar-refractivity contribution is 5.82. The average Bonchev–Trinajstić information content (AvgIpc) is 2.84. The van der Waals surface area contributed by atoms with Crippen molar-refractivity contribution in [3.05, 3.63) is 23.4 Å².